The van der Waals surface area contributed by atoms with E-state index in [1.54, 1.807) is 20.0 Å². The van der Waals surface area contributed by atoms with Crippen LogP contribution in [0, 0.1) is 5.41 Å². The Labute approximate surface area is 126 Å². The molecule has 0 unspecified atom stereocenters. The summed E-state index contributed by atoms with van der Waals surface area (Å²) in [5.74, 6) is -0.608. The van der Waals surface area contributed by atoms with Gasteiger partial charge in [-0.1, -0.05) is 26.8 Å². The summed E-state index contributed by atoms with van der Waals surface area (Å²) in [4.78, 5) is 36.6. The van der Waals surface area contributed by atoms with Crippen LogP contribution in [0.3, 0.4) is 0 Å². The molecule has 0 saturated heterocycles. The first-order valence-electron chi connectivity index (χ1n) is 6.92. The van der Waals surface area contributed by atoms with Crippen molar-refractivity contribution < 1.29 is 14.4 Å². The molecule has 0 aromatic rings. The van der Waals surface area contributed by atoms with Gasteiger partial charge in [0.25, 0.3) is 0 Å². The van der Waals surface area contributed by atoms with Crippen molar-refractivity contribution in [3.63, 3.8) is 0 Å². The van der Waals surface area contributed by atoms with Crippen LogP contribution in [-0.4, -0.2) is 48.7 Å². The molecule has 0 aliphatic rings. The monoisotopic (exact) mass is 297 g/mol. The Balaban J connectivity index is 5.00. The number of nitrogens with one attached hydrogen (secondary N) is 1. The smallest absolute Gasteiger partial charge is 0.245 e. The summed E-state index contributed by atoms with van der Waals surface area (Å²) in [5, 5.41) is 2.65. The first-order chi connectivity index (χ1) is 9.50. The minimum atomic E-state index is -0.662. The highest BCUT2D eigenvalue weighted by molar-refractivity contribution is 5.93. The van der Waals surface area contributed by atoms with E-state index in [2.05, 4.69) is 5.32 Å². The summed E-state index contributed by atoms with van der Waals surface area (Å²) >= 11 is 0. The summed E-state index contributed by atoms with van der Waals surface area (Å²) in [5.41, 5.74) is 5.46. The summed E-state index contributed by atoms with van der Waals surface area (Å²) in [6.07, 6.45) is 1.70. The molecule has 2 amide bonds. The molecule has 0 heterocycles. The largest absolute Gasteiger partial charge is 0.343 e. The van der Waals surface area contributed by atoms with Gasteiger partial charge in [0, 0.05) is 13.6 Å². The van der Waals surface area contributed by atoms with Crippen molar-refractivity contribution in [1.82, 2.24) is 10.2 Å². The van der Waals surface area contributed by atoms with Crippen LogP contribution in [0.15, 0.2) is 11.6 Å². The van der Waals surface area contributed by atoms with Gasteiger partial charge >= 0.3 is 0 Å². The number of Topliss-reactive ketones (excluding diaryl/α,β-unsaturated/α-hetero) is 1. The summed E-state index contributed by atoms with van der Waals surface area (Å²) in [7, 11) is 1.64. The van der Waals surface area contributed by atoms with Crippen molar-refractivity contribution in [3.8, 4) is 0 Å². The molecule has 21 heavy (non-hydrogen) atoms. The molecule has 0 spiro atoms. The number of rotatable bonds is 6. The van der Waals surface area contributed by atoms with E-state index in [-0.39, 0.29) is 24.1 Å². The summed E-state index contributed by atoms with van der Waals surface area (Å²) < 4.78 is 0. The fraction of sp³-hybridized carbons (Fsp3) is 0.667. The van der Waals surface area contributed by atoms with Crippen LogP contribution in [0.5, 0.6) is 0 Å². The second kappa shape index (κ2) is 7.93. The number of hydrogen-bond acceptors (Lipinski definition) is 4. The topological polar surface area (TPSA) is 92.5 Å². The van der Waals surface area contributed by atoms with Crippen LogP contribution in [0.4, 0.5) is 0 Å². The maximum absolute atomic E-state index is 12.5. The number of nitrogens with zero attached hydrogens (tertiary/aromatic N) is 1. The third kappa shape index (κ3) is 6.53. The van der Waals surface area contributed by atoms with E-state index < -0.39 is 11.5 Å². The molecule has 6 nitrogen and oxygen atoms in total. The summed E-state index contributed by atoms with van der Waals surface area (Å²) in [6, 6.07) is -0.662. The molecule has 0 radical (unpaired) electrons. The van der Waals surface area contributed by atoms with Gasteiger partial charge in [-0.3, -0.25) is 14.4 Å². The fourth-order valence-corrected chi connectivity index (χ4v) is 1.60. The first-order valence-corrected chi connectivity index (χ1v) is 6.92. The molecular weight excluding hydrogens is 270 g/mol. The zero-order chi connectivity index (χ0) is 16.8. The Bertz CT molecular complexity index is 436. The number of allylic oxidation sites excluding steroid dienone is 1. The van der Waals surface area contributed by atoms with Crippen LogP contribution in [0.1, 0.15) is 34.6 Å². The Hall–Kier alpha value is -1.69. The highest BCUT2D eigenvalue weighted by atomic mass is 16.2. The van der Waals surface area contributed by atoms with Crippen LogP contribution in [-0.2, 0) is 14.4 Å². The lowest BCUT2D eigenvalue weighted by Gasteiger charge is -2.33. The number of likely N-dealkylation sites (N-methyl/N-ethyl adjacent to an activating group) is 1. The standard InChI is InChI=1S/C15H27N3O3/c1-10(11(2)19)7-8-18(6)14(21)13(15(3,4)5)17-12(20)9-16/h7,13H,8-9,16H2,1-6H3,(H,17,20)/b10-7+/t13-/m1/s1. The van der Waals surface area contributed by atoms with E-state index in [1.807, 2.05) is 20.8 Å². The third-order valence-corrected chi connectivity index (χ3v) is 3.21. The number of ketones is 1. The molecular formula is C15H27N3O3. The second-order valence-corrected chi connectivity index (χ2v) is 6.23. The minimum Gasteiger partial charge on any atom is -0.343 e. The van der Waals surface area contributed by atoms with E-state index in [0.717, 1.165) is 0 Å². The highest BCUT2D eigenvalue weighted by Gasteiger charge is 2.34. The zero-order valence-corrected chi connectivity index (χ0v) is 13.8. The van der Waals surface area contributed by atoms with Crippen molar-refractivity contribution in [2.45, 2.75) is 40.7 Å². The Kier molecular flexibility index (Phi) is 7.29. The minimum absolute atomic E-state index is 0.0281. The van der Waals surface area contributed by atoms with Crippen molar-refractivity contribution in [1.29, 1.82) is 0 Å². The number of nitrogens with two attached hydrogens (primary N) is 1. The van der Waals surface area contributed by atoms with Gasteiger partial charge in [-0.25, -0.2) is 0 Å². The van der Waals surface area contributed by atoms with Crippen LogP contribution < -0.4 is 11.1 Å². The molecule has 6 heteroatoms. The van der Waals surface area contributed by atoms with Gasteiger partial charge in [-0.15, -0.1) is 0 Å². The quantitative estimate of drug-likeness (QED) is 0.697. The van der Waals surface area contributed by atoms with E-state index in [9.17, 15) is 14.4 Å². The predicted octanol–water partition coefficient (Wildman–Crippen LogP) is 0.470. The van der Waals surface area contributed by atoms with Crippen molar-refractivity contribution in [2.24, 2.45) is 11.1 Å². The van der Waals surface area contributed by atoms with Crippen LogP contribution in [0.25, 0.3) is 0 Å². The fourth-order valence-electron chi connectivity index (χ4n) is 1.60. The molecule has 3 N–H and O–H groups in total. The van der Waals surface area contributed by atoms with E-state index in [0.29, 0.717) is 12.1 Å². The van der Waals surface area contributed by atoms with Gasteiger partial charge in [-0.05, 0) is 24.8 Å². The number of carbonyl (C=O) groups is 3. The lowest BCUT2D eigenvalue weighted by atomic mass is 9.85. The molecule has 0 bridgehead atoms. The molecule has 0 aromatic heterocycles. The third-order valence-electron chi connectivity index (χ3n) is 3.21. The van der Waals surface area contributed by atoms with E-state index in [1.165, 1.54) is 11.8 Å². The predicted molar refractivity (Wildman–Crippen MR) is 82.5 cm³/mol. The molecule has 0 fully saturated rings. The summed E-state index contributed by atoms with van der Waals surface area (Å²) in [6.45, 7) is 8.96. The van der Waals surface area contributed by atoms with Gasteiger partial charge in [-0.2, -0.15) is 0 Å². The molecule has 1 atom stereocenters. The Morgan fingerprint density at radius 3 is 2.14 bits per heavy atom. The SMILES string of the molecule is CC(=O)/C(C)=C/CN(C)C(=O)[C@@H](NC(=O)CN)C(C)(C)C. The number of amides is 2. The van der Waals surface area contributed by atoms with E-state index >= 15 is 0 Å². The molecule has 0 saturated carbocycles. The maximum atomic E-state index is 12.5. The normalized spacial score (nSPS) is 13.6. The highest BCUT2D eigenvalue weighted by Crippen LogP contribution is 2.21. The number of carbonyl (C=O) groups excluding carboxylic acids is 3. The van der Waals surface area contributed by atoms with Gasteiger partial charge in [0.1, 0.15) is 6.04 Å². The zero-order valence-electron chi connectivity index (χ0n) is 13.8. The molecule has 0 rings (SSSR count). The van der Waals surface area contributed by atoms with E-state index in [4.69, 9.17) is 5.73 Å². The lowest BCUT2D eigenvalue weighted by molar-refractivity contribution is -0.137. The molecule has 0 aliphatic carbocycles. The molecule has 120 valence electrons. The van der Waals surface area contributed by atoms with Gasteiger partial charge < -0.3 is 16.0 Å². The van der Waals surface area contributed by atoms with Gasteiger partial charge in [0.05, 0.1) is 6.54 Å². The van der Waals surface area contributed by atoms with Crippen LogP contribution >= 0.6 is 0 Å². The number of hydrogen-bond donors (Lipinski definition) is 2. The second-order valence-electron chi connectivity index (χ2n) is 6.23. The van der Waals surface area contributed by atoms with Gasteiger partial charge in [0.15, 0.2) is 5.78 Å². The lowest BCUT2D eigenvalue weighted by Crippen LogP contribution is -2.55. The average Bonchev–Trinajstić information content (AvgIpc) is 2.38. The van der Waals surface area contributed by atoms with Crippen molar-refractivity contribution in [3.05, 3.63) is 11.6 Å². The maximum Gasteiger partial charge on any atom is 0.245 e. The first kappa shape index (κ1) is 19.3. The van der Waals surface area contributed by atoms with Crippen molar-refractivity contribution in [2.75, 3.05) is 20.1 Å². The average molecular weight is 297 g/mol. The molecule has 0 aromatic carbocycles. The molecule has 0 aliphatic heterocycles. The Morgan fingerprint density at radius 1 is 1.24 bits per heavy atom. The Morgan fingerprint density at radius 2 is 1.76 bits per heavy atom. The van der Waals surface area contributed by atoms with Gasteiger partial charge in [0.2, 0.25) is 11.8 Å². The van der Waals surface area contributed by atoms with Crippen LogP contribution in [0.2, 0.25) is 0 Å². The van der Waals surface area contributed by atoms with Crippen molar-refractivity contribution >= 4 is 17.6 Å².